The van der Waals surface area contributed by atoms with Crippen molar-refractivity contribution in [2.45, 2.75) is 19.6 Å². The van der Waals surface area contributed by atoms with Crippen molar-refractivity contribution >= 4 is 0 Å². The Kier molecular flexibility index (Phi) is 4.27. The zero-order valence-corrected chi connectivity index (χ0v) is 10.6. The van der Waals surface area contributed by atoms with Gasteiger partial charge in [0, 0.05) is 5.56 Å². The molecule has 0 N–H and O–H groups in total. The highest BCUT2D eigenvalue weighted by molar-refractivity contribution is 5.33. The van der Waals surface area contributed by atoms with Crippen LogP contribution in [-0.2, 0) is 11.3 Å². The van der Waals surface area contributed by atoms with Gasteiger partial charge >= 0.3 is 0 Å². The van der Waals surface area contributed by atoms with Gasteiger partial charge in [-0.25, -0.2) is 4.39 Å². The highest BCUT2D eigenvalue weighted by atomic mass is 19.1. The zero-order chi connectivity index (χ0) is 13.7. The number of rotatable bonds is 4. The fraction of sp³-hybridized carbons (Fsp3) is 0.188. The SMILES string of the molecule is CC(OCc1cc(C#N)ccc1F)c1ccccc1. The molecule has 0 heterocycles. The van der Waals surface area contributed by atoms with Gasteiger partial charge in [-0.1, -0.05) is 30.3 Å². The molecule has 2 rings (SSSR count). The smallest absolute Gasteiger partial charge is 0.128 e. The Morgan fingerprint density at radius 1 is 1.21 bits per heavy atom. The lowest BCUT2D eigenvalue weighted by Crippen LogP contribution is -2.02. The summed E-state index contributed by atoms with van der Waals surface area (Å²) in [7, 11) is 0. The van der Waals surface area contributed by atoms with Gasteiger partial charge in [-0.2, -0.15) is 5.26 Å². The average molecular weight is 255 g/mol. The van der Waals surface area contributed by atoms with E-state index in [1.165, 1.54) is 18.2 Å². The van der Waals surface area contributed by atoms with Gasteiger partial charge in [-0.3, -0.25) is 0 Å². The summed E-state index contributed by atoms with van der Waals surface area (Å²) >= 11 is 0. The third kappa shape index (κ3) is 3.40. The number of ether oxygens (including phenoxy) is 1. The van der Waals surface area contributed by atoms with E-state index in [0.29, 0.717) is 11.1 Å². The van der Waals surface area contributed by atoms with E-state index in [1.54, 1.807) is 0 Å². The molecule has 0 saturated carbocycles. The Bertz CT molecular complexity index is 589. The van der Waals surface area contributed by atoms with Crippen molar-refractivity contribution in [2.24, 2.45) is 0 Å². The summed E-state index contributed by atoms with van der Waals surface area (Å²) in [5.41, 5.74) is 1.88. The molecule has 0 aliphatic carbocycles. The number of halogens is 1. The van der Waals surface area contributed by atoms with Gasteiger partial charge in [0.15, 0.2) is 0 Å². The molecule has 0 saturated heterocycles. The molecule has 2 aromatic rings. The largest absolute Gasteiger partial charge is 0.369 e. The first kappa shape index (κ1) is 13.3. The molecule has 0 aliphatic rings. The normalized spacial score (nSPS) is 11.8. The van der Waals surface area contributed by atoms with Crippen molar-refractivity contribution in [3.05, 3.63) is 71.0 Å². The maximum Gasteiger partial charge on any atom is 0.128 e. The molecule has 2 nitrogen and oxygen atoms in total. The summed E-state index contributed by atoms with van der Waals surface area (Å²) in [5.74, 6) is -0.348. The highest BCUT2D eigenvalue weighted by Gasteiger charge is 2.08. The second-order valence-corrected chi connectivity index (χ2v) is 4.28. The Balaban J connectivity index is 2.05. The van der Waals surface area contributed by atoms with E-state index in [-0.39, 0.29) is 18.5 Å². The first-order valence-corrected chi connectivity index (χ1v) is 6.06. The second-order valence-electron chi connectivity index (χ2n) is 4.28. The molecule has 0 radical (unpaired) electrons. The molecule has 19 heavy (non-hydrogen) atoms. The molecular formula is C16H14FNO. The number of nitrogens with zero attached hydrogens (tertiary/aromatic N) is 1. The van der Waals surface area contributed by atoms with Crippen molar-refractivity contribution in [1.29, 1.82) is 5.26 Å². The molecule has 0 amide bonds. The van der Waals surface area contributed by atoms with E-state index in [4.69, 9.17) is 10.00 Å². The first-order chi connectivity index (χ1) is 9.20. The van der Waals surface area contributed by atoms with E-state index < -0.39 is 0 Å². The summed E-state index contributed by atoms with van der Waals surface area (Å²) in [6.07, 6.45) is -0.119. The van der Waals surface area contributed by atoms with Gasteiger partial charge in [0.1, 0.15) is 5.82 Å². The van der Waals surface area contributed by atoms with E-state index in [1.807, 2.05) is 43.3 Å². The van der Waals surface area contributed by atoms with Crippen LogP contribution in [0, 0.1) is 17.1 Å². The minimum Gasteiger partial charge on any atom is -0.369 e. The fourth-order valence-electron chi connectivity index (χ4n) is 1.79. The molecule has 3 heteroatoms. The Morgan fingerprint density at radius 3 is 2.63 bits per heavy atom. The molecule has 0 bridgehead atoms. The highest BCUT2D eigenvalue weighted by Crippen LogP contribution is 2.19. The first-order valence-electron chi connectivity index (χ1n) is 6.06. The van der Waals surface area contributed by atoms with E-state index in [2.05, 4.69) is 0 Å². The van der Waals surface area contributed by atoms with Gasteiger partial charge in [-0.05, 0) is 30.7 Å². The standard InChI is InChI=1S/C16H14FNO/c1-12(14-5-3-2-4-6-14)19-11-15-9-13(10-18)7-8-16(15)17/h2-9,12H,11H2,1H3. The van der Waals surface area contributed by atoms with Crippen LogP contribution in [0.5, 0.6) is 0 Å². The quantitative estimate of drug-likeness (QED) is 0.828. The predicted octanol–water partition coefficient (Wildman–Crippen LogP) is 3.98. The maximum atomic E-state index is 13.6. The lowest BCUT2D eigenvalue weighted by molar-refractivity contribution is 0.0508. The number of nitriles is 1. The topological polar surface area (TPSA) is 33.0 Å². The third-order valence-corrected chi connectivity index (χ3v) is 2.93. The van der Waals surface area contributed by atoms with Crippen LogP contribution in [-0.4, -0.2) is 0 Å². The van der Waals surface area contributed by atoms with Gasteiger partial charge in [-0.15, -0.1) is 0 Å². The van der Waals surface area contributed by atoms with Crippen LogP contribution in [0.1, 0.15) is 29.7 Å². The van der Waals surface area contributed by atoms with Crippen molar-refractivity contribution in [3.8, 4) is 6.07 Å². The van der Waals surface area contributed by atoms with Crippen LogP contribution >= 0.6 is 0 Å². The summed E-state index contributed by atoms with van der Waals surface area (Å²) in [5, 5.41) is 8.80. The lowest BCUT2D eigenvalue weighted by atomic mass is 10.1. The van der Waals surface area contributed by atoms with Crippen LogP contribution < -0.4 is 0 Å². The van der Waals surface area contributed by atoms with Crippen LogP contribution in [0.3, 0.4) is 0 Å². The van der Waals surface area contributed by atoms with Gasteiger partial charge in [0.2, 0.25) is 0 Å². The molecule has 0 aliphatic heterocycles. The summed E-state index contributed by atoms with van der Waals surface area (Å²) in [6.45, 7) is 2.07. The van der Waals surface area contributed by atoms with Crippen LogP contribution in [0.25, 0.3) is 0 Å². The zero-order valence-electron chi connectivity index (χ0n) is 10.6. The number of hydrogen-bond acceptors (Lipinski definition) is 2. The second kappa shape index (κ2) is 6.12. The van der Waals surface area contributed by atoms with Crippen LogP contribution in [0.15, 0.2) is 48.5 Å². The van der Waals surface area contributed by atoms with Crippen molar-refractivity contribution in [3.63, 3.8) is 0 Å². The molecule has 96 valence electrons. The maximum absolute atomic E-state index is 13.6. The van der Waals surface area contributed by atoms with Gasteiger partial charge in [0.05, 0.1) is 24.3 Å². The van der Waals surface area contributed by atoms with Crippen LogP contribution in [0.2, 0.25) is 0 Å². The molecule has 2 aromatic carbocycles. The summed E-state index contributed by atoms with van der Waals surface area (Å²) < 4.78 is 19.2. The van der Waals surface area contributed by atoms with Crippen LogP contribution in [0.4, 0.5) is 4.39 Å². The monoisotopic (exact) mass is 255 g/mol. The summed E-state index contributed by atoms with van der Waals surface area (Å²) in [4.78, 5) is 0. The predicted molar refractivity (Wildman–Crippen MR) is 70.8 cm³/mol. The Labute approximate surface area is 112 Å². The number of benzene rings is 2. The van der Waals surface area contributed by atoms with Crippen molar-refractivity contribution in [2.75, 3.05) is 0 Å². The van der Waals surface area contributed by atoms with Crippen molar-refractivity contribution in [1.82, 2.24) is 0 Å². The van der Waals surface area contributed by atoms with Gasteiger partial charge < -0.3 is 4.74 Å². The Hall–Kier alpha value is -2.18. The molecule has 1 atom stereocenters. The average Bonchev–Trinajstić information content (AvgIpc) is 2.47. The third-order valence-electron chi connectivity index (χ3n) is 2.93. The number of hydrogen-bond donors (Lipinski definition) is 0. The fourth-order valence-corrected chi connectivity index (χ4v) is 1.79. The molecular weight excluding hydrogens is 241 g/mol. The lowest BCUT2D eigenvalue weighted by Gasteiger charge is -2.13. The molecule has 1 unspecified atom stereocenters. The Morgan fingerprint density at radius 2 is 1.95 bits per heavy atom. The molecule has 0 aromatic heterocycles. The minimum absolute atomic E-state index is 0.119. The molecule has 0 fully saturated rings. The van der Waals surface area contributed by atoms with Crippen molar-refractivity contribution < 1.29 is 9.13 Å². The van der Waals surface area contributed by atoms with E-state index in [9.17, 15) is 4.39 Å². The van der Waals surface area contributed by atoms with E-state index >= 15 is 0 Å². The summed E-state index contributed by atoms with van der Waals surface area (Å²) in [6, 6.07) is 16.0. The minimum atomic E-state index is -0.348. The van der Waals surface area contributed by atoms with E-state index in [0.717, 1.165) is 5.56 Å². The van der Waals surface area contributed by atoms with Gasteiger partial charge in [0.25, 0.3) is 0 Å². The molecule has 0 spiro atoms.